The van der Waals surface area contributed by atoms with Crippen LogP contribution in [0.15, 0.2) is 41.2 Å². The van der Waals surface area contributed by atoms with Crippen molar-refractivity contribution in [2.24, 2.45) is 0 Å². The summed E-state index contributed by atoms with van der Waals surface area (Å²) in [7, 11) is 0. The van der Waals surface area contributed by atoms with E-state index in [0.717, 1.165) is 11.8 Å². The van der Waals surface area contributed by atoms with Crippen LogP contribution in [0, 0.1) is 6.92 Å². The second-order valence-electron chi connectivity index (χ2n) is 5.50. The van der Waals surface area contributed by atoms with Crippen molar-refractivity contribution >= 4 is 35.1 Å². The Morgan fingerprint density at radius 2 is 1.96 bits per heavy atom. The molecule has 0 aliphatic heterocycles. The van der Waals surface area contributed by atoms with Gasteiger partial charge in [0, 0.05) is 23.5 Å². The third-order valence-corrected chi connectivity index (χ3v) is 4.25. The molecule has 0 spiro atoms. The highest BCUT2D eigenvalue weighted by Gasteiger charge is 2.17. The summed E-state index contributed by atoms with van der Waals surface area (Å²) >= 11 is 12.4. The van der Waals surface area contributed by atoms with Crippen molar-refractivity contribution in [2.45, 2.75) is 6.92 Å². The quantitative estimate of drug-likeness (QED) is 0.495. The molecule has 0 aliphatic carbocycles. The fourth-order valence-corrected chi connectivity index (χ4v) is 3.10. The number of benzene rings is 1. The molecule has 124 valence electrons. The van der Waals surface area contributed by atoms with Crippen molar-refractivity contribution in [3.05, 3.63) is 57.8 Å². The molecule has 1 aromatic carbocycles. The third kappa shape index (κ3) is 2.79. The van der Waals surface area contributed by atoms with Gasteiger partial charge in [-0.05, 0) is 30.7 Å². The maximum absolute atomic E-state index is 10.8. The molecule has 0 N–H and O–H groups in total. The van der Waals surface area contributed by atoms with Gasteiger partial charge in [0.2, 0.25) is 5.82 Å². The molecule has 0 unspecified atom stereocenters. The summed E-state index contributed by atoms with van der Waals surface area (Å²) in [6.45, 7) is 1.95. The lowest BCUT2D eigenvalue weighted by molar-refractivity contribution is 0.112. The van der Waals surface area contributed by atoms with Crippen LogP contribution >= 0.6 is 23.2 Å². The molecule has 3 heterocycles. The molecule has 4 rings (SSSR count). The Labute approximate surface area is 152 Å². The normalized spacial score (nSPS) is 11.2. The topological polar surface area (TPSA) is 73.3 Å². The zero-order chi connectivity index (χ0) is 17.6. The summed E-state index contributed by atoms with van der Waals surface area (Å²) in [5.41, 5.74) is 3.17. The summed E-state index contributed by atoms with van der Waals surface area (Å²) < 4.78 is 7.12. The number of nitrogens with zero attached hydrogens (tertiary/aromatic N) is 4. The van der Waals surface area contributed by atoms with Crippen molar-refractivity contribution in [1.82, 2.24) is 19.5 Å². The highest BCUT2D eigenvalue weighted by atomic mass is 35.5. The van der Waals surface area contributed by atoms with E-state index in [1.807, 2.05) is 23.6 Å². The smallest absolute Gasteiger partial charge is 0.278 e. The largest absolute Gasteiger partial charge is 0.332 e. The average Bonchev–Trinajstić information content (AvgIpc) is 3.21. The monoisotopic (exact) mass is 372 g/mol. The van der Waals surface area contributed by atoms with E-state index in [2.05, 4.69) is 15.1 Å². The molecule has 25 heavy (non-hydrogen) atoms. The van der Waals surface area contributed by atoms with Gasteiger partial charge in [-0.25, -0.2) is 4.98 Å². The Kier molecular flexibility index (Phi) is 3.78. The van der Waals surface area contributed by atoms with Crippen LogP contribution in [0.25, 0.3) is 28.6 Å². The van der Waals surface area contributed by atoms with Gasteiger partial charge in [0.25, 0.3) is 5.89 Å². The van der Waals surface area contributed by atoms with Gasteiger partial charge in [0.15, 0.2) is 5.65 Å². The van der Waals surface area contributed by atoms with E-state index in [1.165, 1.54) is 0 Å². The number of aldehydes is 1. The van der Waals surface area contributed by atoms with Crippen molar-refractivity contribution in [1.29, 1.82) is 0 Å². The lowest BCUT2D eigenvalue weighted by atomic mass is 10.1. The van der Waals surface area contributed by atoms with Gasteiger partial charge >= 0.3 is 0 Å². The fraction of sp³-hybridized carbons (Fsp3) is 0.0588. The number of halogens is 2. The first-order valence-corrected chi connectivity index (χ1v) is 8.05. The molecule has 0 amide bonds. The number of carbonyl (C=O) groups is 1. The molecule has 3 aromatic heterocycles. The minimum Gasteiger partial charge on any atom is -0.332 e. The van der Waals surface area contributed by atoms with Crippen LogP contribution in [0.1, 0.15) is 15.9 Å². The number of aromatic nitrogens is 4. The first kappa shape index (κ1) is 15.8. The Bertz CT molecular complexity index is 1120. The zero-order valence-electron chi connectivity index (χ0n) is 12.9. The van der Waals surface area contributed by atoms with Gasteiger partial charge in [0.05, 0.1) is 10.0 Å². The van der Waals surface area contributed by atoms with E-state index >= 15 is 0 Å². The number of fused-ring (bicyclic) bond motifs is 1. The van der Waals surface area contributed by atoms with E-state index in [4.69, 9.17) is 27.7 Å². The van der Waals surface area contributed by atoms with Gasteiger partial charge in [-0.1, -0.05) is 34.4 Å². The van der Waals surface area contributed by atoms with E-state index in [1.54, 1.807) is 24.4 Å². The van der Waals surface area contributed by atoms with E-state index < -0.39 is 0 Å². The maximum Gasteiger partial charge on any atom is 0.278 e. The summed E-state index contributed by atoms with van der Waals surface area (Å²) in [6, 6.07) is 6.69. The van der Waals surface area contributed by atoms with E-state index in [0.29, 0.717) is 38.3 Å². The van der Waals surface area contributed by atoms with Crippen LogP contribution in [0.4, 0.5) is 0 Å². The van der Waals surface area contributed by atoms with E-state index in [9.17, 15) is 4.79 Å². The van der Waals surface area contributed by atoms with Gasteiger partial charge in [-0.2, -0.15) is 4.98 Å². The highest BCUT2D eigenvalue weighted by molar-refractivity contribution is 6.33. The lowest BCUT2D eigenvalue weighted by Crippen LogP contribution is -1.86. The number of hydrogen-bond donors (Lipinski definition) is 0. The minimum atomic E-state index is 0.253. The second-order valence-corrected chi connectivity index (χ2v) is 6.32. The third-order valence-electron chi connectivity index (χ3n) is 3.66. The zero-order valence-corrected chi connectivity index (χ0v) is 14.4. The number of carbonyl (C=O) groups excluding carboxylic acids is 1. The highest BCUT2D eigenvalue weighted by Crippen LogP contribution is 2.29. The van der Waals surface area contributed by atoms with Crippen LogP contribution in [-0.4, -0.2) is 25.8 Å². The van der Waals surface area contributed by atoms with Crippen LogP contribution in [0.2, 0.25) is 10.0 Å². The Hall–Kier alpha value is -2.70. The lowest BCUT2D eigenvalue weighted by Gasteiger charge is -1.98. The summed E-state index contributed by atoms with van der Waals surface area (Å²) in [5, 5.41) is 4.85. The Morgan fingerprint density at radius 3 is 2.72 bits per heavy atom. The van der Waals surface area contributed by atoms with Crippen molar-refractivity contribution in [2.75, 3.05) is 0 Å². The molecule has 0 radical (unpaired) electrons. The molecule has 0 atom stereocenters. The van der Waals surface area contributed by atoms with E-state index in [-0.39, 0.29) is 5.89 Å². The summed E-state index contributed by atoms with van der Waals surface area (Å²) in [6.07, 6.45) is 4.40. The van der Waals surface area contributed by atoms with Crippen LogP contribution < -0.4 is 0 Å². The number of pyridine rings is 1. The average molecular weight is 373 g/mol. The molecular weight excluding hydrogens is 363 g/mol. The van der Waals surface area contributed by atoms with Crippen molar-refractivity contribution in [3.63, 3.8) is 0 Å². The van der Waals surface area contributed by atoms with Gasteiger partial charge in [-0.3, -0.25) is 4.79 Å². The van der Waals surface area contributed by atoms with Crippen molar-refractivity contribution in [3.8, 4) is 23.0 Å². The first-order chi connectivity index (χ1) is 12.0. The molecule has 8 heteroatoms. The first-order valence-electron chi connectivity index (χ1n) is 7.29. The molecular formula is C17H10Cl2N4O2. The molecule has 0 saturated carbocycles. The summed E-state index contributed by atoms with van der Waals surface area (Å²) in [5.74, 6) is 0.569. The fourth-order valence-electron chi connectivity index (χ4n) is 2.52. The van der Waals surface area contributed by atoms with Crippen LogP contribution in [-0.2, 0) is 0 Å². The second kappa shape index (κ2) is 5.98. The molecule has 6 nitrogen and oxygen atoms in total. The number of hydrogen-bond acceptors (Lipinski definition) is 5. The summed E-state index contributed by atoms with van der Waals surface area (Å²) in [4.78, 5) is 19.6. The number of rotatable bonds is 3. The minimum absolute atomic E-state index is 0.253. The number of aryl methyl sites for hydroxylation is 1. The molecule has 0 saturated heterocycles. The maximum atomic E-state index is 10.8. The predicted octanol–water partition coefficient (Wildman–Crippen LogP) is 4.48. The Morgan fingerprint density at radius 1 is 1.12 bits per heavy atom. The number of imidazole rings is 1. The molecule has 4 aromatic rings. The molecule has 0 aliphatic rings. The SMILES string of the molecule is Cc1cc(Cl)c2nc(-c3nc(-c4ccc(C=O)cc4Cl)no3)cn2c1. The molecule has 0 bridgehead atoms. The standard InChI is InChI=1S/C17H10Cl2N4O2/c1-9-4-13(19)16-20-14(7-23(16)6-9)17-21-15(22-25-17)11-3-2-10(8-24)5-12(11)18/h2-8H,1H3. The predicted molar refractivity (Wildman–Crippen MR) is 94.1 cm³/mol. The van der Waals surface area contributed by atoms with Gasteiger partial charge in [-0.15, -0.1) is 0 Å². The van der Waals surface area contributed by atoms with Crippen molar-refractivity contribution < 1.29 is 9.32 Å². The van der Waals surface area contributed by atoms with Crippen LogP contribution in [0.3, 0.4) is 0 Å². The van der Waals surface area contributed by atoms with Gasteiger partial charge < -0.3 is 8.92 Å². The van der Waals surface area contributed by atoms with Crippen LogP contribution in [0.5, 0.6) is 0 Å². The Balaban J connectivity index is 1.77. The molecule has 0 fully saturated rings. The van der Waals surface area contributed by atoms with Gasteiger partial charge in [0.1, 0.15) is 12.0 Å².